The number of benzene rings is 3. The second-order valence-electron chi connectivity index (χ2n) is 8.10. The minimum Gasteiger partial charge on any atom is -0.489 e. The number of hydrogen-bond acceptors (Lipinski definition) is 4. The van der Waals surface area contributed by atoms with Crippen LogP contribution < -0.4 is 4.74 Å². The Morgan fingerprint density at radius 1 is 0.812 bits per heavy atom. The molecule has 1 heterocycles. The molecule has 0 aliphatic carbocycles. The van der Waals surface area contributed by atoms with Gasteiger partial charge in [-0.2, -0.15) is 0 Å². The molecule has 3 aromatic rings. The Bertz CT molecular complexity index is 940. The number of aliphatic hydroxyl groups excluding tert-OH is 1. The van der Waals surface area contributed by atoms with Crippen LogP contribution in [0.1, 0.15) is 17.2 Å². The molecule has 0 amide bonds. The third-order valence-corrected chi connectivity index (χ3v) is 6.33. The Hall–Kier alpha value is -2.08. The van der Waals surface area contributed by atoms with Gasteiger partial charge in [-0.05, 0) is 29.3 Å². The third-order valence-electron chi connectivity index (χ3n) is 5.80. The first kappa shape index (κ1) is 23.1. The largest absolute Gasteiger partial charge is 0.489 e. The van der Waals surface area contributed by atoms with E-state index in [0.29, 0.717) is 22.3 Å². The Morgan fingerprint density at radius 3 is 1.97 bits per heavy atom. The topological polar surface area (TPSA) is 35.9 Å². The van der Waals surface area contributed by atoms with Crippen molar-refractivity contribution >= 4 is 23.2 Å². The van der Waals surface area contributed by atoms with Gasteiger partial charge in [0.15, 0.2) is 0 Å². The summed E-state index contributed by atoms with van der Waals surface area (Å²) in [5.41, 5.74) is 2.61. The van der Waals surface area contributed by atoms with Gasteiger partial charge in [-0.3, -0.25) is 9.80 Å². The van der Waals surface area contributed by atoms with Gasteiger partial charge in [-0.15, -0.1) is 0 Å². The zero-order chi connectivity index (χ0) is 22.3. The molecule has 0 aromatic heterocycles. The number of aliphatic hydroxyl groups is 1. The molecule has 1 aliphatic heterocycles. The van der Waals surface area contributed by atoms with E-state index in [9.17, 15) is 5.11 Å². The maximum absolute atomic E-state index is 10.5. The molecule has 168 valence electrons. The number of nitrogens with zero attached hydrogens (tertiary/aromatic N) is 2. The van der Waals surface area contributed by atoms with E-state index >= 15 is 0 Å². The summed E-state index contributed by atoms with van der Waals surface area (Å²) >= 11 is 12.1. The van der Waals surface area contributed by atoms with Gasteiger partial charge < -0.3 is 9.84 Å². The van der Waals surface area contributed by atoms with E-state index < -0.39 is 6.10 Å². The molecule has 0 spiro atoms. The summed E-state index contributed by atoms with van der Waals surface area (Å²) in [5.74, 6) is 0.536. The molecule has 1 N–H and O–H groups in total. The average Bonchev–Trinajstić information content (AvgIpc) is 2.81. The molecule has 0 bridgehead atoms. The van der Waals surface area contributed by atoms with E-state index in [1.54, 1.807) is 18.2 Å². The van der Waals surface area contributed by atoms with E-state index in [2.05, 4.69) is 70.5 Å². The fraction of sp³-hybridized carbons (Fsp3) is 0.308. The van der Waals surface area contributed by atoms with E-state index in [0.717, 1.165) is 26.2 Å². The zero-order valence-electron chi connectivity index (χ0n) is 17.9. The van der Waals surface area contributed by atoms with Crippen LogP contribution in [0.25, 0.3) is 0 Å². The van der Waals surface area contributed by atoms with Crippen molar-refractivity contribution in [1.29, 1.82) is 0 Å². The van der Waals surface area contributed by atoms with E-state index in [-0.39, 0.29) is 12.6 Å². The fourth-order valence-electron chi connectivity index (χ4n) is 4.22. The standard InChI is InChI=1S/C26H28Cl2N2O2/c27-22-11-12-25(24(28)17-22)32-19-23(31)18-29-13-15-30(16-14-29)26(20-7-3-1-4-8-20)21-9-5-2-6-10-21/h1-12,17,23,26,31H,13-16,18-19H2/t23-/m0/s1. The Kier molecular flexibility index (Phi) is 8.06. The molecule has 0 radical (unpaired) electrons. The molecule has 0 unspecified atom stereocenters. The molecular weight excluding hydrogens is 443 g/mol. The lowest BCUT2D eigenvalue weighted by molar-refractivity contribution is 0.0401. The lowest BCUT2D eigenvalue weighted by Gasteiger charge is -2.40. The number of halogens is 2. The lowest BCUT2D eigenvalue weighted by atomic mass is 9.96. The fourth-order valence-corrected chi connectivity index (χ4v) is 4.68. The van der Waals surface area contributed by atoms with Crippen LogP contribution in [0.4, 0.5) is 0 Å². The van der Waals surface area contributed by atoms with E-state index in [1.807, 2.05) is 0 Å². The highest BCUT2D eigenvalue weighted by Crippen LogP contribution is 2.30. The summed E-state index contributed by atoms with van der Waals surface area (Å²) < 4.78 is 5.69. The molecule has 1 aliphatic rings. The van der Waals surface area contributed by atoms with Crippen molar-refractivity contribution in [3.05, 3.63) is 100 Å². The first-order chi connectivity index (χ1) is 15.6. The third kappa shape index (κ3) is 6.03. The molecule has 1 atom stereocenters. The monoisotopic (exact) mass is 470 g/mol. The molecule has 4 nitrogen and oxygen atoms in total. The van der Waals surface area contributed by atoms with Crippen LogP contribution in [0, 0.1) is 0 Å². The van der Waals surface area contributed by atoms with Gasteiger partial charge in [0.25, 0.3) is 0 Å². The first-order valence-electron chi connectivity index (χ1n) is 10.9. The smallest absolute Gasteiger partial charge is 0.138 e. The van der Waals surface area contributed by atoms with Crippen LogP contribution in [0.15, 0.2) is 78.9 Å². The molecule has 3 aromatic carbocycles. The minimum absolute atomic E-state index is 0.193. The van der Waals surface area contributed by atoms with Crippen LogP contribution in [0.2, 0.25) is 10.0 Å². The van der Waals surface area contributed by atoms with Gasteiger partial charge in [0, 0.05) is 37.7 Å². The van der Waals surface area contributed by atoms with E-state index in [4.69, 9.17) is 27.9 Å². The first-order valence-corrected chi connectivity index (χ1v) is 11.7. The quantitative estimate of drug-likeness (QED) is 0.494. The molecule has 1 saturated heterocycles. The summed E-state index contributed by atoms with van der Waals surface area (Å²) in [7, 11) is 0. The predicted octanol–water partition coefficient (Wildman–Crippen LogP) is 5.14. The molecule has 0 saturated carbocycles. The second kappa shape index (κ2) is 11.2. The summed E-state index contributed by atoms with van der Waals surface area (Å²) in [4.78, 5) is 4.82. The maximum atomic E-state index is 10.5. The van der Waals surface area contributed by atoms with E-state index in [1.165, 1.54) is 11.1 Å². The van der Waals surface area contributed by atoms with Gasteiger partial charge in [-0.25, -0.2) is 0 Å². The highest BCUT2D eigenvalue weighted by atomic mass is 35.5. The van der Waals surface area contributed by atoms with Crippen molar-refractivity contribution in [3.8, 4) is 5.75 Å². The normalized spacial score (nSPS) is 16.2. The molecule has 6 heteroatoms. The Morgan fingerprint density at radius 2 is 1.41 bits per heavy atom. The van der Waals surface area contributed by atoms with Crippen molar-refractivity contribution in [3.63, 3.8) is 0 Å². The molecule has 32 heavy (non-hydrogen) atoms. The Labute approximate surface area is 199 Å². The number of hydrogen-bond donors (Lipinski definition) is 1. The number of piperazine rings is 1. The summed E-state index contributed by atoms with van der Waals surface area (Å²) in [6, 6.07) is 26.7. The summed E-state index contributed by atoms with van der Waals surface area (Å²) in [6.07, 6.45) is -0.590. The number of rotatable bonds is 8. The molecule has 4 rings (SSSR count). The highest BCUT2D eigenvalue weighted by Gasteiger charge is 2.27. The number of ether oxygens (including phenoxy) is 1. The van der Waals surface area contributed by atoms with Crippen molar-refractivity contribution in [1.82, 2.24) is 9.80 Å². The van der Waals surface area contributed by atoms with Gasteiger partial charge >= 0.3 is 0 Å². The zero-order valence-corrected chi connectivity index (χ0v) is 19.4. The van der Waals surface area contributed by atoms with Gasteiger partial charge in [0.1, 0.15) is 18.5 Å². The summed E-state index contributed by atoms with van der Waals surface area (Å²) in [5, 5.41) is 11.5. The average molecular weight is 471 g/mol. The van der Waals surface area contributed by atoms with Gasteiger partial charge in [-0.1, -0.05) is 83.9 Å². The number of β-amino-alcohol motifs (C(OH)–C–C–N with tert-alkyl or cyclic N) is 1. The van der Waals surface area contributed by atoms with Gasteiger partial charge in [0.2, 0.25) is 0 Å². The molecular formula is C26H28Cl2N2O2. The van der Waals surface area contributed by atoms with Crippen molar-refractivity contribution < 1.29 is 9.84 Å². The van der Waals surface area contributed by atoms with Crippen molar-refractivity contribution in [2.45, 2.75) is 12.1 Å². The van der Waals surface area contributed by atoms with Crippen LogP contribution in [0.5, 0.6) is 5.75 Å². The van der Waals surface area contributed by atoms with Crippen LogP contribution in [0.3, 0.4) is 0 Å². The Balaban J connectivity index is 1.32. The predicted molar refractivity (Wildman–Crippen MR) is 131 cm³/mol. The minimum atomic E-state index is -0.590. The summed E-state index contributed by atoms with van der Waals surface area (Å²) in [6.45, 7) is 4.43. The molecule has 1 fully saturated rings. The van der Waals surface area contributed by atoms with Crippen LogP contribution in [-0.2, 0) is 0 Å². The van der Waals surface area contributed by atoms with Crippen LogP contribution >= 0.6 is 23.2 Å². The highest BCUT2D eigenvalue weighted by molar-refractivity contribution is 6.35. The lowest BCUT2D eigenvalue weighted by Crippen LogP contribution is -2.50. The van der Waals surface area contributed by atoms with Crippen LogP contribution in [-0.4, -0.2) is 60.3 Å². The second-order valence-corrected chi connectivity index (χ2v) is 8.94. The van der Waals surface area contributed by atoms with Crippen molar-refractivity contribution in [2.24, 2.45) is 0 Å². The maximum Gasteiger partial charge on any atom is 0.138 e. The van der Waals surface area contributed by atoms with Crippen molar-refractivity contribution in [2.75, 3.05) is 39.3 Å². The SMILES string of the molecule is O[C@H](COc1ccc(Cl)cc1Cl)CN1CCN(C(c2ccccc2)c2ccccc2)CC1. The van der Waals surface area contributed by atoms with Gasteiger partial charge in [0.05, 0.1) is 11.1 Å².